The number of nitrogens with one attached hydrogen (secondary N) is 1. The van der Waals surface area contributed by atoms with Gasteiger partial charge in [-0.1, -0.05) is 11.3 Å². The third kappa shape index (κ3) is 3.66. The van der Waals surface area contributed by atoms with Crippen LogP contribution in [0.2, 0.25) is 0 Å². The lowest BCUT2D eigenvalue weighted by Crippen LogP contribution is -2.11. The molecule has 0 saturated carbocycles. The maximum absolute atomic E-state index is 12.4. The first-order chi connectivity index (χ1) is 11.6. The smallest absolute Gasteiger partial charge is 0.265 e. The van der Waals surface area contributed by atoms with Crippen LogP contribution in [-0.4, -0.2) is 38.1 Å². The van der Waals surface area contributed by atoms with Crippen molar-refractivity contribution in [3.8, 4) is 5.75 Å². The van der Waals surface area contributed by atoms with Crippen molar-refractivity contribution in [2.45, 2.75) is 0 Å². The number of nitrogens with zero attached hydrogens (tertiary/aromatic N) is 2. The number of thiophene rings is 1. The number of aromatic nitrogens is 1. The summed E-state index contributed by atoms with van der Waals surface area (Å²) in [5, 5.41) is 3.83. The maximum Gasteiger partial charge on any atom is 0.265 e. The first-order valence-corrected chi connectivity index (χ1v) is 9.02. The van der Waals surface area contributed by atoms with E-state index >= 15 is 0 Å². The van der Waals surface area contributed by atoms with E-state index in [9.17, 15) is 4.79 Å². The van der Waals surface area contributed by atoms with Crippen LogP contribution in [0.15, 0.2) is 30.3 Å². The van der Waals surface area contributed by atoms with Crippen LogP contribution in [0, 0.1) is 0 Å². The monoisotopic (exact) mass is 362 g/mol. The third-order valence-electron chi connectivity index (χ3n) is 3.18. The van der Waals surface area contributed by atoms with Crippen LogP contribution in [-0.2, 0) is 0 Å². The molecule has 24 heavy (non-hydrogen) atoms. The van der Waals surface area contributed by atoms with Gasteiger partial charge in [0.2, 0.25) is 0 Å². The molecule has 0 atom stereocenters. The van der Waals surface area contributed by atoms with Gasteiger partial charge in [-0.05, 0) is 30.3 Å². The average molecular weight is 362 g/mol. The van der Waals surface area contributed by atoms with Gasteiger partial charge in [0.1, 0.15) is 17.2 Å². The molecule has 0 aliphatic rings. The molecule has 3 aromatic rings. The summed E-state index contributed by atoms with van der Waals surface area (Å²) in [6, 6.07) is 9.12. The number of carbonyl (C=O) groups excluding carboxylic acids is 1. The molecular formula is C16H18N4O2S2. The second kappa shape index (κ2) is 7.16. The molecule has 1 aromatic carbocycles. The fraction of sp³-hybridized carbons (Fsp3) is 0.250. The summed E-state index contributed by atoms with van der Waals surface area (Å²) < 4.78 is 6.44. The van der Waals surface area contributed by atoms with E-state index in [2.05, 4.69) is 10.3 Å². The van der Waals surface area contributed by atoms with E-state index in [1.165, 1.54) is 11.3 Å². The van der Waals surface area contributed by atoms with Gasteiger partial charge in [0.25, 0.3) is 5.91 Å². The Morgan fingerprint density at radius 3 is 2.67 bits per heavy atom. The van der Waals surface area contributed by atoms with Gasteiger partial charge in [0.05, 0.1) is 9.58 Å². The Morgan fingerprint density at radius 2 is 2.04 bits per heavy atom. The number of anilines is 2. The summed E-state index contributed by atoms with van der Waals surface area (Å²) in [5.41, 5.74) is 6.12. The zero-order chi connectivity index (χ0) is 17.1. The first kappa shape index (κ1) is 16.7. The number of hydrogen-bond donors (Lipinski definition) is 2. The van der Waals surface area contributed by atoms with Gasteiger partial charge in [0, 0.05) is 26.3 Å². The molecule has 0 aliphatic heterocycles. The molecule has 3 rings (SSSR count). The van der Waals surface area contributed by atoms with Gasteiger partial charge >= 0.3 is 0 Å². The second-order valence-corrected chi connectivity index (χ2v) is 7.33. The molecule has 0 saturated heterocycles. The molecule has 0 bridgehead atoms. The van der Waals surface area contributed by atoms with Crippen LogP contribution in [0.3, 0.4) is 0 Å². The highest BCUT2D eigenvalue weighted by Gasteiger charge is 2.15. The first-order valence-electron chi connectivity index (χ1n) is 7.39. The zero-order valence-electron chi connectivity index (χ0n) is 13.4. The number of benzene rings is 1. The SMILES string of the molecule is CN(C)c1nc2sc(C(=O)Nc3ccc(OCCN)cc3)cc2s1. The van der Waals surface area contributed by atoms with Crippen molar-refractivity contribution >= 4 is 48.9 Å². The van der Waals surface area contributed by atoms with E-state index in [1.54, 1.807) is 11.3 Å². The van der Waals surface area contributed by atoms with Crippen molar-refractivity contribution in [2.75, 3.05) is 37.5 Å². The minimum absolute atomic E-state index is 0.132. The third-order valence-corrected chi connectivity index (χ3v) is 5.51. The second-order valence-electron chi connectivity index (χ2n) is 5.29. The Labute approximate surface area is 147 Å². The Bertz CT molecular complexity index is 808. The lowest BCUT2D eigenvalue weighted by Gasteiger charge is -2.07. The number of thiazole rings is 1. The van der Waals surface area contributed by atoms with Crippen molar-refractivity contribution in [1.82, 2.24) is 4.98 Å². The summed E-state index contributed by atoms with van der Waals surface area (Å²) >= 11 is 2.98. The summed E-state index contributed by atoms with van der Waals surface area (Å²) in [7, 11) is 3.91. The molecule has 0 fully saturated rings. The summed E-state index contributed by atoms with van der Waals surface area (Å²) in [6.45, 7) is 0.942. The van der Waals surface area contributed by atoms with E-state index in [-0.39, 0.29) is 5.91 Å². The van der Waals surface area contributed by atoms with Crippen molar-refractivity contribution in [3.63, 3.8) is 0 Å². The van der Waals surface area contributed by atoms with Gasteiger partial charge < -0.3 is 20.7 Å². The van der Waals surface area contributed by atoms with Gasteiger partial charge in [-0.3, -0.25) is 4.79 Å². The number of ether oxygens (including phenoxy) is 1. The van der Waals surface area contributed by atoms with E-state index < -0.39 is 0 Å². The van der Waals surface area contributed by atoms with Crippen LogP contribution in [0.5, 0.6) is 5.75 Å². The Kier molecular flexibility index (Phi) is 4.98. The molecule has 3 N–H and O–H groups in total. The molecule has 1 amide bonds. The summed E-state index contributed by atoms with van der Waals surface area (Å²) in [5.74, 6) is 0.600. The maximum atomic E-state index is 12.4. The van der Waals surface area contributed by atoms with E-state index in [0.717, 1.165) is 26.1 Å². The van der Waals surface area contributed by atoms with Crippen molar-refractivity contribution in [1.29, 1.82) is 0 Å². The Morgan fingerprint density at radius 1 is 1.29 bits per heavy atom. The largest absolute Gasteiger partial charge is 0.492 e. The van der Waals surface area contributed by atoms with Crippen molar-refractivity contribution < 1.29 is 9.53 Å². The van der Waals surface area contributed by atoms with Gasteiger partial charge in [-0.2, -0.15) is 0 Å². The molecule has 2 aromatic heterocycles. The molecule has 8 heteroatoms. The highest BCUT2D eigenvalue weighted by atomic mass is 32.1. The fourth-order valence-electron chi connectivity index (χ4n) is 2.03. The Balaban J connectivity index is 1.69. The van der Waals surface area contributed by atoms with E-state index in [1.807, 2.05) is 49.3 Å². The predicted octanol–water partition coefficient (Wildman–Crippen LogP) is 3.01. The average Bonchev–Trinajstić information content (AvgIpc) is 3.13. The summed E-state index contributed by atoms with van der Waals surface area (Å²) in [6.07, 6.45) is 0. The van der Waals surface area contributed by atoms with Crippen LogP contribution in [0.25, 0.3) is 9.53 Å². The standard InChI is InChI=1S/C16H18N4O2S2/c1-20(2)16-19-15-13(24-16)9-12(23-15)14(21)18-10-3-5-11(6-4-10)22-8-7-17/h3-6,9H,7-8,17H2,1-2H3,(H,18,21). The van der Waals surface area contributed by atoms with E-state index in [0.29, 0.717) is 18.0 Å². The zero-order valence-corrected chi connectivity index (χ0v) is 15.0. The van der Waals surface area contributed by atoms with Crippen molar-refractivity contribution in [3.05, 3.63) is 35.2 Å². The quantitative estimate of drug-likeness (QED) is 0.704. The number of hydrogen-bond acceptors (Lipinski definition) is 7. The fourth-order valence-corrected chi connectivity index (χ4v) is 4.06. The minimum atomic E-state index is -0.132. The van der Waals surface area contributed by atoms with Crippen LogP contribution in [0.4, 0.5) is 10.8 Å². The van der Waals surface area contributed by atoms with Gasteiger partial charge in [-0.25, -0.2) is 4.98 Å². The molecule has 0 spiro atoms. The molecule has 0 aliphatic carbocycles. The Hall–Kier alpha value is -2.16. The topological polar surface area (TPSA) is 80.5 Å². The van der Waals surface area contributed by atoms with Crippen molar-refractivity contribution in [2.24, 2.45) is 5.73 Å². The molecule has 126 valence electrons. The van der Waals surface area contributed by atoms with Crippen LogP contribution >= 0.6 is 22.7 Å². The molecule has 0 radical (unpaired) electrons. The lowest BCUT2D eigenvalue weighted by atomic mass is 10.3. The minimum Gasteiger partial charge on any atom is -0.492 e. The highest BCUT2D eigenvalue weighted by Crippen LogP contribution is 2.34. The molecule has 0 unspecified atom stereocenters. The highest BCUT2D eigenvalue weighted by molar-refractivity contribution is 7.29. The number of rotatable bonds is 6. The lowest BCUT2D eigenvalue weighted by molar-refractivity contribution is 0.103. The predicted molar refractivity (Wildman–Crippen MR) is 101 cm³/mol. The number of fused-ring (bicyclic) bond motifs is 1. The van der Waals surface area contributed by atoms with Crippen LogP contribution in [0.1, 0.15) is 9.67 Å². The van der Waals surface area contributed by atoms with Crippen LogP contribution < -0.4 is 20.7 Å². The number of amides is 1. The summed E-state index contributed by atoms with van der Waals surface area (Å²) in [4.78, 5) is 20.4. The molecular weight excluding hydrogens is 344 g/mol. The molecule has 2 heterocycles. The van der Waals surface area contributed by atoms with E-state index in [4.69, 9.17) is 10.5 Å². The molecule has 6 nitrogen and oxygen atoms in total. The van der Waals surface area contributed by atoms with Gasteiger partial charge in [-0.15, -0.1) is 11.3 Å². The number of nitrogens with two attached hydrogens (primary N) is 1. The normalized spacial score (nSPS) is 10.8. The van der Waals surface area contributed by atoms with Gasteiger partial charge in [0.15, 0.2) is 5.13 Å². The number of carbonyl (C=O) groups is 1.